The summed E-state index contributed by atoms with van der Waals surface area (Å²) in [4.78, 5) is 0. The molecule has 0 amide bonds. The van der Waals surface area contributed by atoms with Gasteiger partial charge in [-0.1, -0.05) is 54.6 Å². The molecule has 20 heavy (non-hydrogen) atoms. The number of hydrogen-bond acceptors (Lipinski definition) is 1. The lowest BCUT2D eigenvalue weighted by atomic mass is 9.94. The molecule has 1 nitrogen and oxygen atoms in total. The molecule has 0 aromatic heterocycles. The van der Waals surface area contributed by atoms with Crippen LogP contribution in [0.15, 0.2) is 60.7 Å². The fourth-order valence-electron chi connectivity index (χ4n) is 2.80. The Morgan fingerprint density at radius 1 is 0.800 bits per heavy atom. The highest BCUT2D eigenvalue weighted by Crippen LogP contribution is 2.24. The Hall–Kier alpha value is -2.28. The van der Waals surface area contributed by atoms with Gasteiger partial charge in [-0.15, -0.1) is 0 Å². The molecule has 0 radical (unpaired) electrons. The SMILES string of the molecule is Cc1ccc2ccccc2c1CCc1ccccc1N. The van der Waals surface area contributed by atoms with Gasteiger partial charge in [-0.2, -0.15) is 0 Å². The van der Waals surface area contributed by atoms with Crippen LogP contribution in [0.2, 0.25) is 0 Å². The molecule has 0 saturated carbocycles. The number of aryl methyl sites for hydroxylation is 3. The predicted octanol–water partition coefficient (Wildman–Crippen LogP) is 4.52. The van der Waals surface area contributed by atoms with Gasteiger partial charge >= 0.3 is 0 Å². The molecule has 0 aliphatic carbocycles. The largest absolute Gasteiger partial charge is 0.399 e. The Kier molecular flexibility index (Phi) is 3.42. The van der Waals surface area contributed by atoms with Crippen LogP contribution in [-0.2, 0) is 12.8 Å². The first-order chi connectivity index (χ1) is 9.75. The van der Waals surface area contributed by atoms with Crippen molar-refractivity contribution in [2.45, 2.75) is 19.8 Å². The summed E-state index contributed by atoms with van der Waals surface area (Å²) >= 11 is 0. The zero-order valence-electron chi connectivity index (χ0n) is 11.8. The van der Waals surface area contributed by atoms with E-state index < -0.39 is 0 Å². The molecule has 100 valence electrons. The first-order valence-electron chi connectivity index (χ1n) is 7.06. The zero-order chi connectivity index (χ0) is 13.9. The quantitative estimate of drug-likeness (QED) is 0.689. The average Bonchev–Trinajstić information content (AvgIpc) is 2.48. The highest BCUT2D eigenvalue weighted by molar-refractivity contribution is 5.86. The molecule has 0 aliphatic heterocycles. The molecule has 3 rings (SSSR count). The molecular formula is C19H19N. The van der Waals surface area contributed by atoms with Gasteiger partial charge < -0.3 is 5.73 Å². The summed E-state index contributed by atoms with van der Waals surface area (Å²) in [7, 11) is 0. The summed E-state index contributed by atoms with van der Waals surface area (Å²) in [5, 5.41) is 2.68. The molecule has 0 fully saturated rings. The van der Waals surface area contributed by atoms with E-state index in [4.69, 9.17) is 5.73 Å². The van der Waals surface area contributed by atoms with Gasteiger partial charge in [0, 0.05) is 5.69 Å². The third-order valence-electron chi connectivity index (χ3n) is 3.97. The van der Waals surface area contributed by atoms with Crippen molar-refractivity contribution >= 4 is 16.5 Å². The molecule has 1 heteroatoms. The summed E-state index contributed by atoms with van der Waals surface area (Å²) in [5.74, 6) is 0. The second-order valence-electron chi connectivity index (χ2n) is 5.28. The van der Waals surface area contributed by atoms with Crippen molar-refractivity contribution in [1.29, 1.82) is 0 Å². The lowest BCUT2D eigenvalue weighted by Crippen LogP contribution is -1.99. The summed E-state index contributed by atoms with van der Waals surface area (Å²) in [6.07, 6.45) is 2.02. The standard InChI is InChI=1S/C19H19N/c1-14-10-11-15-6-2-4-8-18(15)17(14)13-12-16-7-3-5-9-19(16)20/h2-11H,12-13,20H2,1H3. The Morgan fingerprint density at radius 2 is 1.55 bits per heavy atom. The second kappa shape index (κ2) is 5.38. The van der Waals surface area contributed by atoms with Crippen LogP contribution in [-0.4, -0.2) is 0 Å². The van der Waals surface area contributed by atoms with Gasteiger partial charge in [0.2, 0.25) is 0 Å². The van der Waals surface area contributed by atoms with Gasteiger partial charge in [0.05, 0.1) is 0 Å². The molecular weight excluding hydrogens is 242 g/mol. The van der Waals surface area contributed by atoms with Crippen LogP contribution in [0.3, 0.4) is 0 Å². The van der Waals surface area contributed by atoms with E-state index in [1.165, 1.54) is 27.5 Å². The minimum Gasteiger partial charge on any atom is -0.399 e. The third-order valence-corrected chi connectivity index (χ3v) is 3.97. The lowest BCUT2D eigenvalue weighted by Gasteiger charge is -2.11. The molecule has 0 aliphatic rings. The lowest BCUT2D eigenvalue weighted by molar-refractivity contribution is 0.961. The monoisotopic (exact) mass is 261 g/mol. The molecule has 3 aromatic carbocycles. The van der Waals surface area contributed by atoms with E-state index in [0.29, 0.717) is 0 Å². The minimum atomic E-state index is 0.894. The van der Waals surface area contributed by atoms with E-state index in [-0.39, 0.29) is 0 Å². The van der Waals surface area contributed by atoms with Gasteiger partial charge in [-0.25, -0.2) is 0 Å². The molecule has 0 unspecified atom stereocenters. The van der Waals surface area contributed by atoms with Crippen LogP contribution in [0.5, 0.6) is 0 Å². The van der Waals surface area contributed by atoms with E-state index in [2.05, 4.69) is 55.5 Å². The smallest absolute Gasteiger partial charge is 0.0346 e. The topological polar surface area (TPSA) is 26.0 Å². The van der Waals surface area contributed by atoms with Crippen LogP contribution >= 0.6 is 0 Å². The first-order valence-corrected chi connectivity index (χ1v) is 7.06. The summed E-state index contributed by atoms with van der Waals surface area (Å²) < 4.78 is 0. The highest BCUT2D eigenvalue weighted by atomic mass is 14.6. The van der Waals surface area contributed by atoms with Crippen molar-refractivity contribution in [1.82, 2.24) is 0 Å². The van der Waals surface area contributed by atoms with E-state index in [0.717, 1.165) is 18.5 Å². The first kappa shape index (κ1) is 12.7. The van der Waals surface area contributed by atoms with Gasteiger partial charge in [0.15, 0.2) is 0 Å². The van der Waals surface area contributed by atoms with E-state index >= 15 is 0 Å². The average molecular weight is 261 g/mol. The zero-order valence-corrected chi connectivity index (χ0v) is 11.8. The molecule has 0 saturated heterocycles. The normalized spacial score (nSPS) is 10.8. The van der Waals surface area contributed by atoms with Gasteiger partial charge in [0.1, 0.15) is 0 Å². The molecule has 2 N–H and O–H groups in total. The van der Waals surface area contributed by atoms with Crippen LogP contribution in [0.4, 0.5) is 5.69 Å². The summed E-state index contributed by atoms with van der Waals surface area (Å²) in [6, 6.07) is 21.2. The number of rotatable bonds is 3. The van der Waals surface area contributed by atoms with Gasteiger partial charge in [-0.05, 0) is 53.3 Å². The molecule has 0 spiro atoms. The predicted molar refractivity (Wildman–Crippen MR) is 86.9 cm³/mol. The van der Waals surface area contributed by atoms with E-state index in [1.807, 2.05) is 12.1 Å². The van der Waals surface area contributed by atoms with Crippen LogP contribution in [0.1, 0.15) is 16.7 Å². The number of hydrogen-bond donors (Lipinski definition) is 1. The van der Waals surface area contributed by atoms with E-state index in [1.54, 1.807) is 0 Å². The number of benzene rings is 3. The maximum Gasteiger partial charge on any atom is 0.0346 e. The van der Waals surface area contributed by atoms with Crippen LogP contribution in [0, 0.1) is 6.92 Å². The van der Waals surface area contributed by atoms with Crippen molar-refractivity contribution in [3.63, 3.8) is 0 Å². The number of nitrogens with two attached hydrogens (primary N) is 1. The van der Waals surface area contributed by atoms with Gasteiger partial charge in [-0.3, -0.25) is 0 Å². The maximum atomic E-state index is 6.04. The number of anilines is 1. The van der Waals surface area contributed by atoms with Crippen molar-refractivity contribution in [3.05, 3.63) is 77.4 Å². The summed E-state index contributed by atoms with van der Waals surface area (Å²) in [5.41, 5.74) is 11.0. The van der Waals surface area contributed by atoms with Crippen molar-refractivity contribution in [2.75, 3.05) is 5.73 Å². The third kappa shape index (κ3) is 2.39. The van der Waals surface area contributed by atoms with Crippen molar-refractivity contribution in [2.24, 2.45) is 0 Å². The Bertz CT molecular complexity index is 744. The molecule has 3 aromatic rings. The number of nitrogen functional groups attached to an aromatic ring is 1. The minimum absolute atomic E-state index is 0.894. The van der Waals surface area contributed by atoms with E-state index in [9.17, 15) is 0 Å². The van der Waals surface area contributed by atoms with Crippen molar-refractivity contribution in [3.8, 4) is 0 Å². The Morgan fingerprint density at radius 3 is 2.40 bits per heavy atom. The fraction of sp³-hybridized carbons (Fsp3) is 0.158. The van der Waals surface area contributed by atoms with Crippen LogP contribution in [0.25, 0.3) is 10.8 Å². The molecule has 0 atom stereocenters. The highest BCUT2D eigenvalue weighted by Gasteiger charge is 2.06. The second-order valence-corrected chi connectivity index (χ2v) is 5.28. The Balaban J connectivity index is 1.95. The molecule has 0 bridgehead atoms. The van der Waals surface area contributed by atoms with Gasteiger partial charge in [0.25, 0.3) is 0 Å². The maximum absolute atomic E-state index is 6.04. The fourth-order valence-corrected chi connectivity index (χ4v) is 2.80. The number of para-hydroxylation sites is 1. The summed E-state index contributed by atoms with van der Waals surface area (Å²) in [6.45, 7) is 2.19. The molecule has 0 heterocycles. The number of fused-ring (bicyclic) bond motifs is 1. The Labute approximate surface area is 120 Å². The van der Waals surface area contributed by atoms with Crippen molar-refractivity contribution < 1.29 is 0 Å². The van der Waals surface area contributed by atoms with Crippen LogP contribution < -0.4 is 5.73 Å².